The third-order valence-corrected chi connectivity index (χ3v) is 2.79. The monoisotopic (exact) mass is 261 g/mol. The number of hydrogen-bond acceptors (Lipinski definition) is 4. The summed E-state index contributed by atoms with van der Waals surface area (Å²) in [6, 6.07) is 7.54. The highest BCUT2D eigenvalue weighted by Crippen LogP contribution is 2.16. The molecule has 0 aliphatic rings. The number of nitrogen functional groups attached to an aromatic ring is 1. The highest BCUT2D eigenvalue weighted by atomic mass is 16.5. The summed E-state index contributed by atoms with van der Waals surface area (Å²) in [7, 11) is 1.61. The molecule has 2 aromatic rings. The van der Waals surface area contributed by atoms with E-state index in [2.05, 4.69) is 5.10 Å². The molecule has 19 heavy (non-hydrogen) atoms. The molecule has 0 atom stereocenters. The van der Waals surface area contributed by atoms with Gasteiger partial charge in [0.1, 0.15) is 11.6 Å². The predicted octanol–water partition coefficient (Wildman–Crippen LogP) is 1.15. The SMILES string of the molecule is COc1ccc(Cn2ncc(CC(=O)O)c2N)cc1. The zero-order valence-electron chi connectivity index (χ0n) is 10.5. The Hall–Kier alpha value is -2.50. The molecule has 0 amide bonds. The summed E-state index contributed by atoms with van der Waals surface area (Å²) in [5.41, 5.74) is 7.41. The van der Waals surface area contributed by atoms with Gasteiger partial charge in [0, 0.05) is 5.56 Å². The quantitative estimate of drug-likeness (QED) is 0.842. The van der Waals surface area contributed by atoms with Gasteiger partial charge in [-0.15, -0.1) is 0 Å². The van der Waals surface area contributed by atoms with Gasteiger partial charge in [-0.1, -0.05) is 12.1 Å². The summed E-state index contributed by atoms with van der Waals surface area (Å²) in [6.07, 6.45) is 1.38. The average Bonchev–Trinajstić information content (AvgIpc) is 2.72. The average molecular weight is 261 g/mol. The van der Waals surface area contributed by atoms with Gasteiger partial charge in [-0.25, -0.2) is 4.68 Å². The van der Waals surface area contributed by atoms with Crippen LogP contribution < -0.4 is 10.5 Å². The van der Waals surface area contributed by atoms with Gasteiger partial charge in [0.15, 0.2) is 0 Å². The molecule has 6 nitrogen and oxygen atoms in total. The highest BCUT2D eigenvalue weighted by molar-refractivity contribution is 5.72. The lowest BCUT2D eigenvalue weighted by molar-refractivity contribution is -0.136. The molecule has 1 heterocycles. The third-order valence-electron chi connectivity index (χ3n) is 2.79. The molecule has 0 aliphatic carbocycles. The van der Waals surface area contributed by atoms with Gasteiger partial charge < -0.3 is 15.6 Å². The number of ether oxygens (including phenoxy) is 1. The smallest absolute Gasteiger partial charge is 0.308 e. The number of rotatable bonds is 5. The number of carboxylic acids is 1. The summed E-state index contributed by atoms with van der Waals surface area (Å²) in [5, 5.41) is 12.8. The Morgan fingerprint density at radius 2 is 2.11 bits per heavy atom. The normalized spacial score (nSPS) is 10.4. The molecule has 0 bridgehead atoms. The fourth-order valence-electron chi connectivity index (χ4n) is 1.76. The molecule has 3 N–H and O–H groups in total. The summed E-state index contributed by atoms with van der Waals surface area (Å²) in [4.78, 5) is 10.7. The van der Waals surface area contributed by atoms with Crippen LogP contribution in [0.25, 0.3) is 0 Å². The second kappa shape index (κ2) is 5.43. The second-order valence-electron chi connectivity index (χ2n) is 4.13. The van der Waals surface area contributed by atoms with Crippen LogP contribution in [0.5, 0.6) is 5.75 Å². The minimum absolute atomic E-state index is 0.117. The Bertz CT molecular complexity index is 575. The Morgan fingerprint density at radius 3 is 2.68 bits per heavy atom. The number of aliphatic carboxylic acids is 1. The predicted molar refractivity (Wildman–Crippen MR) is 70.1 cm³/mol. The molecule has 0 saturated carbocycles. The lowest BCUT2D eigenvalue weighted by Crippen LogP contribution is -2.08. The van der Waals surface area contributed by atoms with E-state index in [0.29, 0.717) is 17.9 Å². The fraction of sp³-hybridized carbons (Fsp3) is 0.231. The van der Waals surface area contributed by atoms with E-state index >= 15 is 0 Å². The van der Waals surface area contributed by atoms with Crippen molar-refractivity contribution in [1.82, 2.24) is 9.78 Å². The van der Waals surface area contributed by atoms with Crippen LogP contribution in [0.3, 0.4) is 0 Å². The van der Waals surface area contributed by atoms with E-state index in [-0.39, 0.29) is 6.42 Å². The van der Waals surface area contributed by atoms with Gasteiger partial charge in [0.05, 0.1) is 26.3 Å². The Labute approximate surface area is 110 Å². The maximum Gasteiger partial charge on any atom is 0.308 e. The lowest BCUT2D eigenvalue weighted by Gasteiger charge is -2.06. The van der Waals surface area contributed by atoms with E-state index in [1.807, 2.05) is 24.3 Å². The number of carbonyl (C=O) groups is 1. The molecule has 1 aromatic carbocycles. The van der Waals surface area contributed by atoms with Crippen LogP contribution in [-0.2, 0) is 17.8 Å². The van der Waals surface area contributed by atoms with Crippen LogP contribution in [0.2, 0.25) is 0 Å². The van der Waals surface area contributed by atoms with E-state index in [1.54, 1.807) is 11.8 Å². The molecule has 0 fully saturated rings. The largest absolute Gasteiger partial charge is 0.497 e. The van der Waals surface area contributed by atoms with Gasteiger partial charge in [0.25, 0.3) is 0 Å². The van der Waals surface area contributed by atoms with Crippen molar-refractivity contribution in [1.29, 1.82) is 0 Å². The van der Waals surface area contributed by atoms with Crippen molar-refractivity contribution in [3.63, 3.8) is 0 Å². The molecule has 1 aromatic heterocycles. The third kappa shape index (κ3) is 3.04. The van der Waals surface area contributed by atoms with E-state index in [4.69, 9.17) is 15.6 Å². The van der Waals surface area contributed by atoms with Crippen molar-refractivity contribution < 1.29 is 14.6 Å². The van der Waals surface area contributed by atoms with Crippen LogP contribution in [-0.4, -0.2) is 28.0 Å². The molecule has 2 rings (SSSR count). The van der Waals surface area contributed by atoms with E-state index in [1.165, 1.54) is 6.20 Å². The summed E-state index contributed by atoms with van der Waals surface area (Å²) in [5.74, 6) is 0.248. The van der Waals surface area contributed by atoms with E-state index in [9.17, 15) is 4.79 Å². The molecular formula is C13H15N3O3. The number of carboxylic acid groups (broad SMARTS) is 1. The minimum Gasteiger partial charge on any atom is -0.497 e. The molecule has 0 radical (unpaired) electrons. The van der Waals surface area contributed by atoms with Crippen LogP contribution in [0.15, 0.2) is 30.5 Å². The van der Waals surface area contributed by atoms with Crippen molar-refractivity contribution in [3.05, 3.63) is 41.6 Å². The lowest BCUT2D eigenvalue weighted by atomic mass is 10.2. The van der Waals surface area contributed by atoms with Crippen LogP contribution in [0.4, 0.5) is 5.82 Å². The van der Waals surface area contributed by atoms with Crippen molar-refractivity contribution in [2.75, 3.05) is 12.8 Å². The first-order chi connectivity index (χ1) is 9.10. The molecule has 0 spiro atoms. The van der Waals surface area contributed by atoms with Gasteiger partial charge in [0.2, 0.25) is 0 Å². The maximum absolute atomic E-state index is 10.7. The number of anilines is 1. The van der Waals surface area contributed by atoms with Gasteiger partial charge in [-0.05, 0) is 17.7 Å². The van der Waals surface area contributed by atoms with Crippen LogP contribution in [0.1, 0.15) is 11.1 Å². The topological polar surface area (TPSA) is 90.4 Å². The molecule has 100 valence electrons. The number of aromatic nitrogens is 2. The van der Waals surface area contributed by atoms with E-state index in [0.717, 1.165) is 11.3 Å². The number of benzene rings is 1. The number of hydrogen-bond donors (Lipinski definition) is 2. The molecular weight excluding hydrogens is 246 g/mol. The molecule has 0 aliphatic heterocycles. The minimum atomic E-state index is -0.921. The number of methoxy groups -OCH3 is 1. The van der Waals surface area contributed by atoms with Crippen molar-refractivity contribution in [2.24, 2.45) is 0 Å². The molecule has 6 heteroatoms. The summed E-state index contributed by atoms with van der Waals surface area (Å²) < 4.78 is 6.66. The zero-order chi connectivity index (χ0) is 13.8. The Morgan fingerprint density at radius 1 is 1.42 bits per heavy atom. The summed E-state index contributed by atoms with van der Waals surface area (Å²) in [6.45, 7) is 0.495. The van der Waals surface area contributed by atoms with Crippen molar-refractivity contribution in [3.8, 4) is 5.75 Å². The van der Waals surface area contributed by atoms with Gasteiger partial charge >= 0.3 is 5.97 Å². The number of nitrogens with two attached hydrogens (primary N) is 1. The van der Waals surface area contributed by atoms with Gasteiger partial charge in [-0.2, -0.15) is 5.10 Å². The first-order valence-corrected chi connectivity index (χ1v) is 5.75. The van der Waals surface area contributed by atoms with Crippen molar-refractivity contribution >= 4 is 11.8 Å². The molecule has 0 saturated heterocycles. The molecule has 0 unspecified atom stereocenters. The van der Waals surface area contributed by atoms with Crippen molar-refractivity contribution in [2.45, 2.75) is 13.0 Å². The Kier molecular flexibility index (Phi) is 3.70. The Balaban J connectivity index is 2.14. The van der Waals surface area contributed by atoms with E-state index < -0.39 is 5.97 Å². The summed E-state index contributed by atoms with van der Waals surface area (Å²) >= 11 is 0. The van der Waals surface area contributed by atoms with Crippen LogP contribution in [0, 0.1) is 0 Å². The first-order valence-electron chi connectivity index (χ1n) is 5.75. The fourth-order valence-corrected chi connectivity index (χ4v) is 1.76. The standard InChI is InChI=1S/C13H15N3O3/c1-19-11-4-2-9(3-5-11)8-16-13(14)10(7-15-16)6-12(17)18/h2-5,7H,6,8,14H2,1H3,(H,17,18). The highest BCUT2D eigenvalue weighted by Gasteiger charge is 2.10. The second-order valence-corrected chi connectivity index (χ2v) is 4.13. The van der Waals surface area contributed by atoms with Crippen LogP contribution >= 0.6 is 0 Å². The zero-order valence-corrected chi connectivity index (χ0v) is 10.5. The maximum atomic E-state index is 10.7. The van der Waals surface area contributed by atoms with Gasteiger partial charge in [-0.3, -0.25) is 4.79 Å². The number of nitrogens with zero attached hydrogens (tertiary/aromatic N) is 2. The first kappa shape index (κ1) is 12.9.